The number of methoxy groups -OCH3 is 1. The topological polar surface area (TPSA) is 63.2 Å². The van der Waals surface area contributed by atoms with Gasteiger partial charge in [0.1, 0.15) is 5.75 Å². The summed E-state index contributed by atoms with van der Waals surface area (Å²) in [5.41, 5.74) is 1.90. The molecule has 0 aliphatic carbocycles. The third-order valence-corrected chi connectivity index (χ3v) is 3.68. The first-order valence-corrected chi connectivity index (χ1v) is 8.21. The maximum Gasteiger partial charge on any atom is 0.252 e. The first kappa shape index (κ1) is 18.1. The fourth-order valence-electron chi connectivity index (χ4n) is 2.14. The molecule has 24 heavy (non-hydrogen) atoms. The van der Waals surface area contributed by atoms with Crippen molar-refractivity contribution >= 4 is 28.9 Å². The molecule has 2 N–H and O–H groups in total. The summed E-state index contributed by atoms with van der Waals surface area (Å²) < 4.78 is 5.30. The van der Waals surface area contributed by atoms with Crippen LogP contribution in [0.5, 0.6) is 5.75 Å². The van der Waals surface area contributed by atoms with Crippen LogP contribution < -0.4 is 15.4 Å². The fourth-order valence-corrected chi connectivity index (χ4v) is 2.31. The number of aromatic nitrogens is 1. The van der Waals surface area contributed by atoms with Crippen LogP contribution in [-0.2, 0) is 0 Å². The average molecular weight is 348 g/mol. The van der Waals surface area contributed by atoms with Gasteiger partial charge in [0.2, 0.25) is 0 Å². The van der Waals surface area contributed by atoms with Crippen LogP contribution in [0.4, 0.5) is 11.4 Å². The molecular weight excluding hydrogens is 326 g/mol. The fraction of sp³-hybridized carbons (Fsp3) is 0.333. The van der Waals surface area contributed by atoms with Gasteiger partial charge in [-0.15, -0.1) is 0 Å². The Hall–Kier alpha value is -2.27. The van der Waals surface area contributed by atoms with Crippen LogP contribution in [0, 0.1) is 5.92 Å². The standard InChI is InChI=1S/C18H22ClN3O2/c1-12(2)6-7-21-18(23)13-8-15(11-20-10-13)22-16-9-14(19)4-5-17(16)24-3/h4-5,8-12,22H,6-7H2,1-3H3,(H,21,23). The summed E-state index contributed by atoms with van der Waals surface area (Å²) >= 11 is 6.03. The van der Waals surface area contributed by atoms with E-state index in [0.717, 1.165) is 6.42 Å². The maximum atomic E-state index is 12.2. The number of benzene rings is 1. The van der Waals surface area contributed by atoms with Crippen molar-refractivity contribution in [3.63, 3.8) is 0 Å². The molecule has 2 aromatic rings. The van der Waals surface area contributed by atoms with Crippen LogP contribution in [-0.4, -0.2) is 24.5 Å². The predicted octanol–water partition coefficient (Wildman–Crippen LogP) is 4.26. The molecule has 0 aliphatic heterocycles. The van der Waals surface area contributed by atoms with Crippen LogP contribution in [0.2, 0.25) is 5.02 Å². The largest absolute Gasteiger partial charge is 0.495 e. The van der Waals surface area contributed by atoms with Gasteiger partial charge in [-0.2, -0.15) is 0 Å². The summed E-state index contributed by atoms with van der Waals surface area (Å²) in [4.78, 5) is 16.3. The van der Waals surface area contributed by atoms with Gasteiger partial charge in [0, 0.05) is 17.8 Å². The number of pyridine rings is 1. The highest BCUT2D eigenvalue weighted by molar-refractivity contribution is 6.31. The summed E-state index contributed by atoms with van der Waals surface area (Å²) in [6, 6.07) is 7.04. The van der Waals surface area contributed by atoms with Crippen LogP contribution in [0.15, 0.2) is 36.7 Å². The Bertz CT molecular complexity index is 704. The smallest absolute Gasteiger partial charge is 0.252 e. The molecule has 0 bridgehead atoms. The van der Waals surface area contributed by atoms with Crippen LogP contribution in [0.3, 0.4) is 0 Å². The molecule has 6 heteroatoms. The first-order chi connectivity index (χ1) is 11.5. The Labute approximate surface area is 147 Å². The third kappa shape index (κ3) is 5.13. The summed E-state index contributed by atoms with van der Waals surface area (Å²) in [5, 5.41) is 6.67. The monoisotopic (exact) mass is 347 g/mol. The van der Waals surface area contributed by atoms with E-state index in [1.165, 1.54) is 0 Å². The lowest BCUT2D eigenvalue weighted by Gasteiger charge is -2.12. The summed E-state index contributed by atoms with van der Waals surface area (Å²) in [6.45, 7) is 4.89. The van der Waals surface area contributed by atoms with Crippen LogP contribution in [0.1, 0.15) is 30.6 Å². The average Bonchev–Trinajstić information content (AvgIpc) is 2.55. The molecule has 1 aromatic carbocycles. The second-order valence-electron chi connectivity index (χ2n) is 5.87. The number of hydrogen-bond acceptors (Lipinski definition) is 4. The zero-order chi connectivity index (χ0) is 17.5. The number of nitrogens with zero attached hydrogens (tertiary/aromatic N) is 1. The van der Waals surface area contributed by atoms with Gasteiger partial charge in [0.25, 0.3) is 5.91 Å². The molecule has 1 heterocycles. The first-order valence-electron chi connectivity index (χ1n) is 7.83. The number of anilines is 2. The Morgan fingerprint density at radius 2 is 2.08 bits per heavy atom. The Kier molecular flexibility index (Phi) is 6.44. The number of rotatable bonds is 7. The van der Waals surface area contributed by atoms with Gasteiger partial charge in [0.05, 0.1) is 30.2 Å². The predicted molar refractivity (Wildman–Crippen MR) is 97.3 cm³/mol. The minimum absolute atomic E-state index is 0.134. The van der Waals surface area contributed by atoms with Crippen molar-refractivity contribution in [1.82, 2.24) is 10.3 Å². The molecule has 0 atom stereocenters. The maximum absolute atomic E-state index is 12.2. The van der Waals surface area contributed by atoms with E-state index < -0.39 is 0 Å². The van der Waals surface area contributed by atoms with Crippen molar-refractivity contribution in [1.29, 1.82) is 0 Å². The third-order valence-electron chi connectivity index (χ3n) is 3.45. The van der Waals surface area contributed by atoms with E-state index in [4.69, 9.17) is 16.3 Å². The van der Waals surface area contributed by atoms with E-state index >= 15 is 0 Å². The summed E-state index contributed by atoms with van der Waals surface area (Å²) in [6.07, 6.45) is 4.13. The van der Waals surface area contributed by atoms with Gasteiger partial charge in [-0.3, -0.25) is 9.78 Å². The Balaban J connectivity index is 2.10. The molecular formula is C18H22ClN3O2. The number of nitrogens with one attached hydrogen (secondary N) is 2. The number of carbonyl (C=O) groups excluding carboxylic acids is 1. The van der Waals surface area contributed by atoms with Crippen LogP contribution >= 0.6 is 11.6 Å². The number of hydrogen-bond donors (Lipinski definition) is 2. The molecule has 0 spiro atoms. The number of halogens is 1. The van der Waals surface area contributed by atoms with Gasteiger partial charge in [-0.05, 0) is 36.6 Å². The second kappa shape index (κ2) is 8.55. The van der Waals surface area contributed by atoms with Crippen molar-refractivity contribution in [2.45, 2.75) is 20.3 Å². The zero-order valence-electron chi connectivity index (χ0n) is 14.1. The summed E-state index contributed by atoms with van der Waals surface area (Å²) in [5.74, 6) is 1.07. The molecule has 2 rings (SSSR count). The Morgan fingerprint density at radius 3 is 2.79 bits per heavy atom. The van der Waals surface area contributed by atoms with E-state index in [1.54, 1.807) is 43.8 Å². The van der Waals surface area contributed by atoms with Crippen molar-refractivity contribution in [2.75, 3.05) is 19.0 Å². The van der Waals surface area contributed by atoms with Crippen molar-refractivity contribution in [3.8, 4) is 5.75 Å². The molecule has 0 saturated carbocycles. The molecule has 0 saturated heterocycles. The highest BCUT2D eigenvalue weighted by atomic mass is 35.5. The van der Waals surface area contributed by atoms with Crippen molar-refractivity contribution < 1.29 is 9.53 Å². The van der Waals surface area contributed by atoms with Crippen molar-refractivity contribution in [2.24, 2.45) is 5.92 Å². The quantitative estimate of drug-likeness (QED) is 0.785. The van der Waals surface area contributed by atoms with Crippen LogP contribution in [0.25, 0.3) is 0 Å². The lowest BCUT2D eigenvalue weighted by Crippen LogP contribution is -2.25. The molecule has 0 fully saturated rings. The zero-order valence-corrected chi connectivity index (χ0v) is 14.9. The SMILES string of the molecule is COc1ccc(Cl)cc1Nc1cncc(C(=O)NCCC(C)C)c1. The molecule has 5 nitrogen and oxygen atoms in total. The highest BCUT2D eigenvalue weighted by Gasteiger charge is 2.09. The normalized spacial score (nSPS) is 10.5. The van der Waals surface area contributed by atoms with E-state index in [9.17, 15) is 4.79 Å². The van der Waals surface area contributed by atoms with Gasteiger partial charge in [0.15, 0.2) is 0 Å². The highest BCUT2D eigenvalue weighted by Crippen LogP contribution is 2.30. The minimum atomic E-state index is -0.134. The Morgan fingerprint density at radius 1 is 1.29 bits per heavy atom. The van der Waals surface area contributed by atoms with E-state index in [1.807, 2.05) is 0 Å². The second-order valence-corrected chi connectivity index (χ2v) is 6.31. The molecule has 128 valence electrons. The molecule has 1 amide bonds. The van der Waals surface area contributed by atoms with E-state index in [0.29, 0.717) is 40.2 Å². The van der Waals surface area contributed by atoms with Crippen molar-refractivity contribution in [3.05, 3.63) is 47.2 Å². The lowest BCUT2D eigenvalue weighted by molar-refractivity contribution is 0.0951. The molecule has 1 aromatic heterocycles. The van der Waals surface area contributed by atoms with E-state index in [-0.39, 0.29) is 5.91 Å². The molecule has 0 radical (unpaired) electrons. The number of ether oxygens (including phenoxy) is 1. The number of amides is 1. The van der Waals surface area contributed by atoms with Gasteiger partial charge < -0.3 is 15.4 Å². The van der Waals surface area contributed by atoms with Gasteiger partial charge >= 0.3 is 0 Å². The molecule has 0 aliphatic rings. The minimum Gasteiger partial charge on any atom is -0.495 e. The summed E-state index contributed by atoms with van der Waals surface area (Å²) in [7, 11) is 1.59. The van der Waals surface area contributed by atoms with E-state index in [2.05, 4.69) is 29.5 Å². The number of carbonyl (C=O) groups is 1. The van der Waals surface area contributed by atoms with Gasteiger partial charge in [-0.25, -0.2) is 0 Å². The van der Waals surface area contributed by atoms with Gasteiger partial charge in [-0.1, -0.05) is 25.4 Å². The lowest BCUT2D eigenvalue weighted by atomic mass is 10.1. The molecule has 0 unspecified atom stereocenters.